The number of rotatable bonds is 0. The molecule has 0 aliphatic carbocycles. The van der Waals surface area contributed by atoms with Gasteiger partial charge in [0.25, 0.3) is 0 Å². The van der Waals surface area contributed by atoms with Crippen molar-refractivity contribution in [2.75, 3.05) is 13.1 Å². The molecule has 0 saturated carbocycles. The molecule has 0 spiro atoms. The average molecular weight is 116 g/mol. The van der Waals surface area contributed by atoms with Crippen LogP contribution >= 0.6 is 12.6 Å². The third-order valence-electron chi connectivity index (χ3n) is 0.841. The van der Waals surface area contributed by atoms with Crippen molar-refractivity contribution < 1.29 is 0 Å². The fourth-order valence-electron chi connectivity index (χ4n) is 0.504. The van der Waals surface area contributed by atoms with E-state index in [0.29, 0.717) is 0 Å². The molecular formula is C4H8N2S. The Labute approximate surface area is 48.4 Å². The van der Waals surface area contributed by atoms with E-state index in [4.69, 9.17) is 0 Å². The average Bonchev–Trinajstić information content (AvgIpc) is 1.69. The summed E-state index contributed by atoms with van der Waals surface area (Å²) in [6, 6.07) is 0. The molecular weight excluding hydrogens is 108 g/mol. The normalized spacial score (nSPS) is 30.7. The molecule has 0 bridgehead atoms. The van der Waals surface area contributed by atoms with E-state index in [2.05, 4.69) is 22.9 Å². The summed E-state index contributed by atoms with van der Waals surface area (Å²) in [6.45, 7) is 1.86. The lowest BCUT2D eigenvalue weighted by Gasteiger charge is -2.10. The topological polar surface area (TPSA) is 24.4 Å². The lowest BCUT2D eigenvalue weighted by molar-refractivity contribution is 0.721. The lowest BCUT2D eigenvalue weighted by atomic mass is 10.5. The Morgan fingerprint density at radius 3 is 3.00 bits per heavy atom. The molecule has 0 amide bonds. The van der Waals surface area contributed by atoms with Gasteiger partial charge in [-0.3, -0.25) is 10.3 Å². The van der Waals surface area contributed by atoms with Gasteiger partial charge in [0.2, 0.25) is 0 Å². The van der Waals surface area contributed by atoms with E-state index in [9.17, 15) is 0 Å². The van der Waals surface area contributed by atoms with Crippen LogP contribution in [0.25, 0.3) is 0 Å². The van der Waals surface area contributed by atoms with Gasteiger partial charge >= 0.3 is 0 Å². The summed E-state index contributed by atoms with van der Waals surface area (Å²) in [7, 11) is 0. The van der Waals surface area contributed by atoms with Gasteiger partial charge < -0.3 is 0 Å². The Morgan fingerprint density at radius 2 is 2.71 bits per heavy atom. The van der Waals surface area contributed by atoms with Gasteiger partial charge in [-0.25, -0.2) is 0 Å². The zero-order valence-electron chi connectivity index (χ0n) is 3.96. The van der Waals surface area contributed by atoms with E-state index in [1.54, 1.807) is 0 Å². The maximum atomic E-state index is 4.10. The van der Waals surface area contributed by atoms with Crippen LogP contribution in [0.15, 0.2) is 4.99 Å². The first-order chi connectivity index (χ1) is 3.39. The molecule has 40 valence electrons. The Kier molecular flexibility index (Phi) is 1.70. The molecule has 1 aliphatic rings. The SMILES string of the molecule is SC1C=NCCN1. The summed E-state index contributed by atoms with van der Waals surface area (Å²) in [5.74, 6) is 0. The number of thiol groups is 1. The maximum absolute atomic E-state index is 4.10. The van der Waals surface area contributed by atoms with Gasteiger partial charge in [-0.1, -0.05) is 0 Å². The van der Waals surface area contributed by atoms with Gasteiger partial charge in [0.05, 0.1) is 11.9 Å². The van der Waals surface area contributed by atoms with Crippen molar-refractivity contribution in [3.8, 4) is 0 Å². The number of hydrogen-bond acceptors (Lipinski definition) is 3. The fraction of sp³-hybridized carbons (Fsp3) is 0.750. The molecule has 1 rings (SSSR count). The monoisotopic (exact) mass is 116 g/mol. The number of nitrogens with one attached hydrogen (secondary N) is 1. The summed E-state index contributed by atoms with van der Waals surface area (Å²) in [5.41, 5.74) is 0. The van der Waals surface area contributed by atoms with Gasteiger partial charge in [0.1, 0.15) is 0 Å². The van der Waals surface area contributed by atoms with E-state index in [1.807, 2.05) is 6.21 Å². The van der Waals surface area contributed by atoms with Crippen molar-refractivity contribution in [1.82, 2.24) is 5.32 Å². The highest BCUT2D eigenvalue weighted by Crippen LogP contribution is 1.88. The third-order valence-corrected chi connectivity index (χ3v) is 1.16. The van der Waals surface area contributed by atoms with E-state index in [0.717, 1.165) is 13.1 Å². The Balaban J connectivity index is 2.36. The second kappa shape index (κ2) is 2.33. The minimum Gasteiger partial charge on any atom is -0.299 e. The summed E-state index contributed by atoms with van der Waals surface area (Å²) < 4.78 is 0. The summed E-state index contributed by atoms with van der Waals surface area (Å²) in [4.78, 5) is 3.99. The maximum Gasteiger partial charge on any atom is 0.0859 e. The van der Waals surface area contributed by atoms with Crippen molar-refractivity contribution in [3.63, 3.8) is 0 Å². The molecule has 0 aromatic heterocycles. The molecule has 3 heteroatoms. The minimum atomic E-state index is 0.189. The van der Waals surface area contributed by atoms with Crippen molar-refractivity contribution in [1.29, 1.82) is 0 Å². The highest BCUT2D eigenvalue weighted by molar-refractivity contribution is 7.81. The quantitative estimate of drug-likeness (QED) is 0.425. The van der Waals surface area contributed by atoms with Gasteiger partial charge in [-0.05, 0) is 0 Å². The fourth-order valence-corrected chi connectivity index (χ4v) is 0.727. The molecule has 7 heavy (non-hydrogen) atoms. The van der Waals surface area contributed by atoms with E-state index in [1.165, 1.54) is 0 Å². The largest absolute Gasteiger partial charge is 0.299 e. The molecule has 1 N–H and O–H groups in total. The highest BCUT2D eigenvalue weighted by Gasteiger charge is 1.98. The van der Waals surface area contributed by atoms with Crippen LogP contribution in [0.1, 0.15) is 0 Å². The molecule has 1 atom stereocenters. The second-order valence-corrected chi connectivity index (χ2v) is 2.01. The first-order valence-corrected chi connectivity index (χ1v) is 2.82. The first kappa shape index (κ1) is 5.12. The van der Waals surface area contributed by atoms with Crippen LogP contribution in [0, 0.1) is 0 Å². The summed E-state index contributed by atoms with van der Waals surface area (Å²) in [6.07, 6.45) is 1.81. The Bertz CT molecular complexity index is 81.8. The molecule has 0 fully saturated rings. The number of aliphatic imine (C=N–C) groups is 1. The Morgan fingerprint density at radius 1 is 1.86 bits per heavy atom. The molecule has 0 aromatic carbocycles. The number of nitrogens with zero attached hydrogens (tertiary/aromatic N) is 1. The van der Waals surface area contributed by atoms with Crippen LogP contribution in [0.2, 0.25) is 0 Å². The molecule has 1 heterocycles. The van der Waals surface area contributed by atoms with Gasteiger partial charge in [0, 0.05) is 12.8 Å². The second-order valence-electron chi connectivity index (χ2n) is 1.45. The van der Waals surface area contributed by atoms with E-state index in [-0.39, 0.29) is 5.37 Å². The minimum absolute atomic E-state index is 0.189. The van der Waals surface area contributed by atoms with Crippen molar-refractivity contribution in [2.45, 2.75) is 5.37 Å². The van der Waals surface area contributed by atoms with Crippen molar-refractivity contribution >= 4 is 18.8 Å². The first-order valence-electron chi connectivity index (χ1n) is 2.31. The van der Waals surface area contributed by atoms with Crippen LogP contribution in [-0.2, 0) is 0 Å². The van der Waals surface area contributed by atoms with Crippen LogP contribution in [0.4, 0.5) is 0 Å². The van der Waals surface area contributed by atoms with E-state index >= 15 is 0 Å². The highest BCUT2D eigenvalue weighted by atomic mass is 32.1. The smallest absolute Gasteiger partial charge is 0.0859 e. The summed E-state index contributed by atoms with van der Waals surface area (Å²) in [5, 5.41) is 3.29. The predicted molar refractivity (Wildman–Crippen MR) is 34.1 cm³/mol. The van der Waals surface area contributed by atoms with E-state index < -0.39 is 0 Å². The molecule has 0 saturated heterocycles. The molecule has 0 aromatic rings. The molecule has 1 unspecified atom stereocenters. The standard InChI is InChI=1S/C4H8N2S/c7-4-3-5-1-2-6-4/h3-4,6-7H,1-2H2. The van der Waals surface area contributed by atoms with Gasteiger partial charge in [0.15, 0.2) is 0 Å². The van der Waals surface area contributed by atoms with Crippen LogP contribution < -0.4 is 5.32 Å². The molecule has 2 nitrogen and oxygen atoms in total. The number of hydrogen-bond donors (Lipinski definition) is 2. The molecule has 1 aliphatic heterocycles. The predicted octanol–water partition coefficient (Wildman–Crippen LogP) is -0.0837. The zero-order valence-corrected chi connectivity index (χ0v) is 4.86. The van der Waals surface area contributed by atoms with Crippen molar-refractivity contribution in [2.24, 2.45) is 4.99 Å². The third kappa shape index (κ3) is 1.49. The lowest BCUT2D eigenvalue weighted by Crippen LogP contribution is -2.31. The van der Waals surface area contributed by atoms with Crippen molar-refractivity contribution in [3.05, 3.63) is 0 Å². The van der Waals surface area contributed by atoms with Crippen LogP contribution in [0.5, 0.6) is 0 Å². The molecule has 0 radical (unpaired) electrons. The van der Waals surface area contributed by atoms with Crippen LogP contribution in [-0.4, -0.2) is 24.7 Å². The van der Waals surface area contributed by atoms with Gasteiger partial charge in [-0.2, -0.15) is 12.6 Å². The zero-order chi connectivity index (χ0) is 5.11. The van der Waals surface area contributed by atoms with Gasteiger partial charge in [-0.15, -0.1) is 0 Å². The van der Waals surface area contributed by atoms with Crippen LogP contribution in [0.3, 0.4) is 0 Å². The summed E-state index contributed by atoms with van der Waals surface area (Å²) >= 11 is 4.10. The Hall–Kier alpha value is -0.0200.